The third-order valence-electron chi connectivity index (χ3n) is 5.21. The van der Waals surface area contributed by atoms with Crippen LogP contribution >= 0.6 is 0 Å². The molecule has 0 amide bonds. The molecule has 3 heteroatoms. The lowest BCUT2D eigenvalue weighted by Gasteiger charge is -2.10. The fourth-order valence-electron chi connectivity index (χ4n) is 3.67. The van der Waals surface area contributed by atoms with E-state index < -0.39 is 0 Å². The van der Waals surface area contributed by atoms with Crippen LogP contribution in [0, 0.1) is 19.8 Å². The summed E-state index contributed by atoms with van der Waals surface area (Å²) in [6.45, 7) is 9.01. The standard InChI is InChI=1S/C17H19B.C11H12N2/c1-15(2)13-14-18(16-9-5-3-6-10-16)17-11-7-4-8-12-17;1-9-4-3-5-10(2)11(9)13-7-6-12-8-13/h3-15H,1-2H3;3-8H,1-2H3. The van der Waals surface area contributed by atoms with Crippen molar-refractivity contribution in [2.75, 3.05) is 0 Å². The van der Waals surface area contributed by atoms with E-state index in [4.69, 9.17) is 0 Å². The molecule has 0 aliphatic carbocycles. The summed E-state index contributed by atoms with van der Waals surface area (Å²) < 4.78 is 2.05. The molecule has 1 heterocycles. The summed E-state index contributed by atoms with van der Waals surface area (Å²) in [4.78, 5) is 4.04. The summed E-state index contributed by atoms with van der Waals surface area (Å²) >= 11 is 0. The Hall–Kier alpha value is -3.33. The highest BCUT2D eigenvalue weighted by Gasteiger charge is 2.14. The Morgan fingerprint density at radius 2 is 1.32 bits per heavy atom. The van der Waals surface area contributed by atoms with Crippen molar-refractivity contribution in [2.24, 2.45) is 5.92 Å². The maximum atomic E-state index is 4.04. The molecule has 156 valence electrons. The van der Waals surface area contributed by atoms with Crippen LogP contribution in [0.25, 0.3) is 5.69 Å². The molecule has 1 aromatic heterocycles. The van der Waals surface area contributed by atoms with Gasteiger partial charge in [-0.25, -0.2) is 4.98 Å². The molecule has 0 bridgehead atoms. The van der Waals surface area contributed by atoms with E-state index in [1.54, 1.807) is 6.20 Å². The highest BCUT2D eigenvalue weighted by molar-refractivity contribution is 6.89. The zero-order valence-corrected chi connectivity index (χ0v) is 18.9. The van der Waals surface area contributed by atoms with Crippen molar-refractivity contribution in [3.8, 4) is 5.69 Å². The number of benzene rings is 3. The lowest BCUT2D eigenvalue weighted by Crippen LogP contribution is -2.40. The number of imidazole rings is 1. The summed E-state index contributed by atoms with van der Waals surface area (Å²) in [6.07, 6.45) is 7.88. The lowest BCUT2D eigenvalue weighted by molar-refractivity contribution is 0.833. The van der Waals surface area contributed by atoms with E-state index in [0.29, 0.717) is 12.6 Å². The van der Waals surface area contributed by atoms with E-state index in [1.165, 1.54) is 27.7 Å². The number of rotatable bonds is 5. The summed E-state index contributed by atoms with van der Waals surface area (Å²) in [7, 11) is 0. The Balaban J connectivity index is 0.000000185. The summed E-state index contributed by atoms with van der Waals surface area (Å²) in [5, 5.41) is 0. The Labute approximate surface area is 187 Å². The van der Waals surface area contributed by atoms with Crippen LogP contribution in [-0.2, 0) is 0 Å². The summed E-state index contributed by atoms with van der Waals surface area (Å²) in [5.41, 5.74) is 6.48. The highest BCUT2D eigenvalue weighted by atomic mass is 15.0. The fraction of sp³-hybridized carbons (Fsp3) is 0.179. The van der Waals surface area contributed by atoms with Crippen LogP contribution in [0.3, 0.4) is 0 Å². The first kappa shape index (κ1) is 22.4. The Morgan fingerprint density at radius 1 is 0.774 bits per heavy atom. The van der Waals surface area contributed by atoms with Crippen molar-refractivity contribution in [3.05, 3.63) is 121 Å². The van der Waals surface area contributed by atoms with Gasteiger partial charge in [0.15, 0.2) is 0 Å². The van der Waals surface area contributed by atoms with Gasteiger partial charge < -0.3 is 4.57 Å². The van der Waals surface area contributed by atoms with Gasteiger partial charge in [-0.05, 0) is 30.9 Å². The maximum absolute atomic E-state index is 4.04. The van der Waals surface area contributed by atoms with Gasteiger partial charge in [0, 0.05) is 12.4 Å². The third kappa shape index (κ3) is 6.32. The third-order valence-corrected chi connectivity index (χ3v) is 5.21. The number of allylic oxidation sites excluding steroid dienone is 1. The highest BCUT2D eigenvalue weighted by Crippen LogP contribution is 2.17. The zero-order valence-electron chi connectivity index (χ0n) is 18.9. The second-order valence-electron chi connectivity index (χ2n) is 8.14. The number of para-hydroxylation sites is 1. The lowest BCUT2D eigenvalue weighted by atomic mass is 9.40. The minimum atomic E-state index is 0.356. The van der Waals surface area contributed by atoms with Gasteiger partial charge >= 0.3 is 0 Å². The van der Waals surface area contributed by atoms with Crippen LogP contribution in [0.2, 0.25) is 0 Å². The van der Waals surface area contributed by atoms with Crippen molar-refractivity contribution in [3.63, 3.8) is 0 Å². The number of hydrogen-bond acceptors (Lipinski definition) is 1. The predicted molar refractivity (Wildman–Crippen MR) is 135 cm³/mol. The van der Waals surface area contributed by atoms with Crippen LogP contribution < -0.4 is 10.9 Å². The summed E-state index contributed by atoms with van der Waals surface area (Å²) in [5.74, 6) is 2.90. The molecule has 2 nitrogen and oxygen atoms in total. The normalized spacial score (nSPS) is 10.7. The van der Waals surface area contributed by atoms with E-state index in [9.17, 15) is 0 Å². The molecule has 0 atom stereocenters. The molecule has 31 heavy (non-hydrogen) atoms. The Kier molecular flexibility index (Phi) is 8.06. The zero-order chi connectivity index (χ0) is 22.1. The van der Waals surface area contributed by atoms with Crippen molar-refractivity contribution >= 4 is 17.6 Å². The van der Waals surface area contributed by atoms with Gasteiger partial charge in [-0.2, -0.15) is 0 Å². The van der Waals surface area contributed by atoms with E-state index >= 15 is 0 Å². The number of nitrogens with zero attached hydrogens (tertiary/aromatic N) is 2. The molecule has 0 spiro atoms. The van der Waals surface area contributed by atoms with E-state index in [1.807, 2.05) is 17.1 Å². The van der Waals surface area contributed by atoms with E-state index in [2.05, 4.69) is 124 Å². The van der Waals surface area contributed by atoms with Crippen LogP contribution in [-0.4, -0.2) is 16.3 Å². The molecule has 0 saturated heterocycles. The fourth-order valence-corrected chi connectivity index (χ4v) is 3.67. The molecule has 4 aromatic rings. The predicted octanol–water partition coefficient (Wildman–Crippen LogP) is 5.54. The number of hydrogen-bond donors (Lipinski definition) is 0. The average Bonchev–Trinajstić information content (AvgIpc) is 3.30. The quantitative estimate of drug-likeness (QED) is 0.398. The minimum Gasteiger partial charge on any atom is -0.306 e. The molecule has 0 unspecified atom stereocenters. The van der Waals surface area contributed by atoms with Crippen molar-refractivity contribution in [1.82, 2.24) is 9.55 Å². The van der Waals surface area contributed by atoms with Crippen molar-refractivity contribution < 1.29 is 0 Å². The van der Waals surface area contributed by atoms with Gasteiger partial charge in [0.25, 0.3) is 0 Å². The Morgan fingerprint density at radius 3 is 1.77 bits per heavy atom. The molecule has 3 aromatic carbocycles. The molecule has 0 aliphatic rings. The molecule has 0 fully saturated rings. The van der Waals surface area contributed by atoms with Gasteiger partial charge in [0.05, 0.1) is 12.0 Å². The van der Waals surface area contributed by atoms with Gasteiger partial charge in [-0.3, -0.25) is 0 Å². The first-order chi connectivity index (χ1) is 15.1. The molecule has 4 rings (SSSR count). The van der Waals surface area contributed by atoms with E-state index in [-0.39, 0.29) is 0 Å². The second kappa shape index (κ2) is 11.2. The minimum absolute atomic E-state index is 0.356. The SMILES string of the molecule is CC(C)C=CB(c1ccccc1)c1ccccc1.Cc1cccc(C)c1-n1ccnc1. The second-order valence-corrected chi connectivity index (χ2v) is 8.14. The molecule has 0 radical (unpaired) electrons. The molecule has 0 aliphatic heterocycles. The number of aromatic nitrogens is 2. The van der Waals surface area contributed by atoms with Crippen LogP contribution in [0.4, 0.5) is 0 Å². The molecule has 0 N–H and O–H groups in total. The molecule has 0 saturated carbocycles. The first-order valence-electron chi connectivity index (χ1n) is 10.9. The van der Waals surface area contributed by atoms with Gasteiger partial charge in [0.1, 0.15) is 0 Å². The largest absolute Gasteiger partial charge is 0.306 e. The monoisotopic (exact) mass is 406 g/mol. The van der Waals surface area contributed by atoms with Gasteiger partial charge in [0.2, 0.25) is 6.71 Å². The topological polar surface area (TPSA) is 17.8 Å². The van der Waals surface area contributed by atoms with Crippen molar-refractivity contribution in [1.29, 1.82) is 0 Å². The maximum Gasteiger partial charge on any atom is 0.233 e. The van der Waals surface area contributed by atoms with Crippen LogP contribution in [0.15, 0.2) is 110 Å². The summed E-state index contributed by atoms with van der Waals surface area (Å²) in [6, 6.07) is 27.6. The smallest absolute Gasteiger partial charge is 0.233 e. The Bertz CT molecular complexity index is 1010. The molecular formula is C28H31BN2. The van der Waals surface area contributed by atoms with E-state index in [0.717, 1.165) is 0 Å². The molecular weight excluding hydrogens is 375 g/mol. The van der Waals surface area contributed by atoms with Gasteiger partial charge in [-0.1, -0.05) is 110 Å². The first-order valence-corrected chi connectivity index (χ1v) is 10.9. The van der Waals surface area contributed by atoms with Crippen molar-refractivity contribution in [2.45, 2.75) is 27.7 Å². The van der Waals surface area contributed by atoms with Crippen LogP contribution in [0.1, 0.15) is 25.0 Å². The number of aryl methyl sites for hydroxylation is 2. The van der Waals surface area contributed by atoms with Gasteiger partial charge in [-0.15, -0.1) is 5.98 Å². The average molecular weight is 406 g/mol. The van der Waals surface area contributed by atoms with Crippen LogP contribution in [0.5, 0.6) is 0 Å².